The Morgan fingerprint density at radius 1 is 0.840 bits per heavy atom. The van der Waals surface area contributed by atoms with Crippen molar-refractivity contribution in [1.82, 2.24) is 10.9 Å². The molecule has 1 aliphatic carbocycles. The molecule has 0 saturated heterocycles. The number of benzene rings is 2. The lowest BCUT2D eigenvalue weighted by molar-refractivity contribution is -0.126. The molecule has 0 spiro atoms. The van der Waals surface area contributed by atoms with Crippen LogP contribution in [-0.2, 0) is 4.79 Å². The molecule has 2 N–H and O–H groups in total. The summed E-state index contributed by atoms with van der Waals surface area (Å²) in [5, 5.41) is 0.359. The Hall–Kier alpha value is -2.33. The molecule has 0 bridgehead atoms. The molecule has 130 valence electrons. The van der Waals surface area contributed by atoms with Crippen molar-refractivity contribution in [3.05, 3.63) is 70.7 Å². The molecule has 5 heteroatoms. The zero-order valence-electron chi connectivity index (χ0n) is 13.9. The molecule has 2 amide bonds. The quantitative estimate of drug-likeness (QED) is 0.814. The van der Waals surface area contributed by atoms with Crippen molar-refractivity contribution in [2.24, 2.45) is 5.92 Å². The van der Waals surface area contributed by atoms with E-state index in [-0.39, 0.29) is 11.8 Å². The third-order valence-corrected chi connectivity index (χ3v) is 5.12. The summed E-state index contributed by atoms with van der Waals surface area (Å²) >= 11 is 5.98. The Bertz CT molecular complexity index is 740. The third kappa shape index (κ3) is 4.40. The average Bonchev–Trinajstić information content (AvgIpc) is 2.67. The van der Waals surface area contributed by atoms with Gasteiger partial charge >= 0.3 is 0 Å². The third-order valence-electron chi connectivity index (χ3n) is 4.79. The first-order valence-corrected chi connectivity index (χ1v) is 8.92. The predicted molar refractivity (Wildman–Crippen MR) is 98.2 cm³/mol. The van der Waals surface area contributed by atoms with Gasteiger partial charge in [0.15, 0.2) is 0 Å². The lowest BCUT2D eigenvalue weighted by Crippen LogP contribution is -2.45. The number of carbonyl (C=O) groups excluding carboxylic acids is 2. The normalized spacial score (nSPS) is 19.9. The largest absolute Gasteiger partial charge is 0.273 e. The molecule has 0 radical (unpaired) electrons. The van der Waals surface area contributed by atoms with Crippen molar-refractivity contribution in [3.8, 4) is 0 Å². The minimum absolute atomic E-state index is 0.0634. The number of amides is 2. The fraction of sp³-hybridized carbons (Fsp3) is 0.300. The van der Waals surface area contributed by atoms with Gasteiger partial charge in [-0.15, -0.1) is 0 Å². The van der Waals surface area contributed by atoms with Gasteiger partial charge in [0.2, 0.25) is 5.91 Å². The van der Waals surface area contributed by atoms with Crippen molar-refractivity contribution in [1.29, 1.82) is 0 Å². The summed E-state index contributed by atoms with van der Waals surface area (Å²) < 4.78 is 0. The highest BCUT2D eigenvalue weighted by atomic mass is 35.5. The number of hydrogen-bond donors (Lipinski definition) is 2. The number of hydrazine groups is 1. The SMILES string of the molecule is O=C(NNC(=O)C1CCC(c2ccccc2)CC1)c1ccccc1Cl. The smallest absolute Gasteiger partial charge is 0.271 e. The van der Waals surface area contributed by atoms with E-state index in [1.54, 1.807) is 24.3 Å². The highest BCUT2D eigenvalue weighted by Gasteiger charge is 2.27. The fourth-order valence-corrected chi connectivity index (χ4v) is 3.57. The molecule has 0 aromatic heterocycles. The van der Waals surface area contributed by atoms with E-state index in [2.05, 4.69) is 35.1 Å². The van der Waals surface area contributed by atoms with Gasteiger partial charge in [0.25, 0.3) is 5.91 Å². The number of carbonyl (C=O) groups is 2. The maximum absolute atomic E-state index is 12.3. The van der Waals surface area contributed by atoms with Crippen LogP contribution in [0.2, 0.25) is 5.02 Å². The highest BCUT2D eigenvalue weighted by Crippen LogP contribution is 2.35. The number of rotatable bonds is 3. The van der Waals surface area contributed by atoms with Crippen molar-refractivity contribution in [2.75, 3.05) is 0 Å². The molecule has 1 aliphatic rings. The molecule has 25 heavy (non-hydrogen) atoms. The van der Waals surface area contributed by atoms with Gasteiger partial charge in [0, 0.05) is 5.92 Å². The lowest BCUT2D eigenvalue weighted by atomic mass is 9.78. The molecule has 0 unspecified atom stereocenters. The van der Waals surface area contributed by atoms with Gasteiger partial charge < -0.3 is 0 Å². The maximum atomic E-state index is 12.3. The Balaban J connectivity index is 1.48. The molecular formula is C20H21ClN2O2. The molecule has 2 aromatic carbocycles. The Kier molecular flexibility index (Phi) is 5.71. The summed E-state index contributed by atoms with van der Waals surface area (Å²) in [6, 6.07) is 17.2. The average molecular weight is 357 g/mol. The Morgan fingerprint density at radius 3 is 2.16 bits per heavy atom. The van der Waals surface area contributed by atoms with Gasteiger partial charge in [-0.3, -0.25) is 20.4 Å². The molecule has 4 nitrogen and oxygen atoms in total. The molecule has 0 heterocycles. The minimum atomic E-state index is -0.406. The minimum Gasteiger partial charge on any atom is -0.273 e. The Morgan fingerprint density at radius 2 is 1.48 bits per heavy atom. The van der Waals surface area contributed by atoms with Gasteiger partial charge in [-0.1, -0.05) is 54.1 Å². The van der Waals surface area contributed by atoms with Crippen LogP contribution in [0.5, 0.6) is 0 Å². The molecular weight excluding hydrogens is 336 g/mol. The fourth-order valence-electron chi connectivity index (χ4n) is 3.35. The van der Waals surface area contributed by atoms with E-state index in [0.717, 1.165) is 25.7 Å². The van der Waals surface area contributed by atoms with E-state index < -0.39 is 5.91 Å². The molecule has 1 saturated carbocycles. The van der Waals surface area contributed by atoms with Crippen LogP contribution in [0.15, 0.2) is 54.6 Å². The maximum Gasteiger partial charge on any atom is 0.271 e. The second-order valence-electron chi connectivity index (χ2n) is 6.38. The molecule has 0 aliphatic heterocycles. The van der Waals surface area contributed by atoms with E-state index >= 15 is 0 Å². The van der Waals surface area contributed by atoms with Gasteiger partial charge in [-0.05, 0) is 49.3 Å². The summed E-state index contributed by atoms with van der Waals surface area (Å²) in [6.45, 7) is 0. The van der Waals surface area contributed by atoms with Crippen molar-refractivity contribution >= 4 is 23.4 Å². The second kappa shape index (κ2) is 8.17. The van der Waals surface area contributed by atoms with Crippen LogP contribution in [0.4, 0.5) is 0 Å². The van der Waals surface area contributed by atoms with Crippen LogP contribution in [0, 0.1) is 5.92 Å². The van der Waals surface area contributed by atoms with Crippen LogP contribution in [-0.4, -0.2) is 11.8 Å². The van der Waals surface area contributed by atoms with E-state index in [0.29, 0.717) is 16.5 Å². The topological polar surface area (TPSA) is 58.2 Å². The van der Waals surface area contributed by atoms with Gasteiger partial charge in [-0.2, -0.15) is 0 Å². The molecule has 3 rings (SSSR count). The lowest BCUT2D eigenvalue weighted by Gasteiger charge is -2.28. The Labute approximate surface area is 152 Å². The molecule has 2 aromatic rings. The molecule has 0 atom stereocenters. The summed E-state index contributed by atoms with van der Waals surface area (Å²) in [5.41, 5.74) is 6.68. The molecule has 1 fully saturated rings. The van der Waals surface area contributed by atoms with Crippen molar-refractivity contribution in [3.63, 3.8) is 0 Å². The van der Waals surface area contributed by atoms with E-state index in [1.165, 1.54) is 5.56 Å². The number of nitrogens with one attached hydrogen (secondary N) is 2. The first-order valence-electron chi connectivity index (χ1n) is 8.55. The second-order valence-corrected chi connectivity index (χ2v) is 6.79. The van der Waals surface area contributed by atoms with Crippen molar-refractivity contribution < 1.29 is 9.59 Å². The standard InChI is InChI=1S/C20H21ClN2O2/c21-18-9-5-4-8-17(18)20(25)23-22-19(24)16-12-10-15(11-13-16)14-6-2-1-3-7-14/h1-9,15-16H,10-13H2,(H,22,24)(H,23,25). The van der Waals surface area contributed by atoms with Crippen LogP contribution in [0.25, 0.3) is 0 Å². The van der Waals surface area contributed by atoms with Gasteiger partial charge in [-0.25, -0.2) is 0 Å². The van der Waals surface area contributed by atoms with E-state index in [4.69, 9.17) is 11.6 Å². The van der Waals surface area contributed by atoms with Crippen LogP contribution < -0.4 is 10.9 Å². The van der Waals surface area contributed by atoms with Crippen LogP contribution >= 0.6 is 11.6 Å². The summed E-state index contributed by atoms with van der Waals surface area (Å²) in [6.07, 6.45) is 3.63. The first kappa shape index (κ1) is 17.5. The van der Waals surface area contributed by atoms with Gasteiger partial charge in [0.05, 0.1) is 10.6 Å². The number of hydrogen-bond acceptors (Lipinski definition) is 2. The van der Waals surface area contributed by atoms with Crippen LogP contribution in [0.3, 0.4) is 0 Å². The first-order chi connectivity index (χ1) is 12.1. The zero-order valence-corrected chi connectivity index (χ0v) is 14.6. The monoisotopic (exact) mass is 356 g/mol. The zero-order chi connectivity index (χ0) is 17.6. The van der Waals surface area contributed by atoms with Gasteiger partial charge in [0.1, 0.15) is 0 Å². The highest BCUT2D eigenvalue weighted by molar-refractivity contribution is 6.33. The summed E-state index contributed by atoms with van der Waals surface area (Å²) in [4.78, 5) is 24.4. The van der Waals surface area contributed by atoms with Crippen molar-refractivity contribution in [2.45, 2.75) is 31.6 Å². The van der Waals surface area contributed by atoms with E-state index in [1.807, 2.05) is 6.07 Å². The summed E-state index contributed by atoms with van der Waals surface area (Å²) in [5.74, 6) is -0.0849. The summed E-state index contributed by atoms with van der Waals surface area (Å²) in [7, 11) is 0. The van der Waals surface area contributed by atoms with E-state index in [9.17, 15) is 9.59 Å². The number of halogens is 1. The van der Waals surface area contributed by atoms with Crippen LogP contribution in [0.1, 0.15) is 47.5 Å². The predicted octanol–water partition coefficient (Wildman–Crippen LogP) is 4.08.